The predicted molar refractivity (Wildman–Crippen MR) is 97.4 cm³/mol. The number of hydrogen-bond acceptors (Lipinski definition) is 7. The molecule has 9 nitrogen and oxygen atoms in total. The molecule has 0 spiro atoms. The Morgan fingerprint density at radius 3 is 2.81 bits per heavy atom. The number of nitrogens with zero attached hydrogens (tertiary/aromatic N) is 4. The normalized spacial score (nSPS) is 18.4. The number of aromatic nitrogens is 4. The fourth-order valence-corrected chi connectivity index (χ4v) is 4.68. The molecule has 3 aromatic rings. The van der Waals surface area contributed by atoms with Crippen molar-refractivity contribution in [3.05, 3.63) is 42.9 Å². The van der Waals surface area contributed by atoms with Crippen LogP contribution < -0.4 is 10.1 Å². The van der Waals surface area contributed by atoms with Crippen LogP contribution in [0.2, 0.25) is 0 Å². The molecule has 0 bridgehead atoms. The topological polar surface area (TPSA) is 116 Å². The summed E-state index contributed by atoms with van der Waals surface area (Å²) < 4.78 is 30.1. The molecule has 1 aliphatic heterocycles. The Balaban J connectivity index is 1.47. The van der Waals surface area contributed by atoms with Crippen molar-refractivity contribution >= 4 is 26.8 Å². The molecule has 0 radical (unpaired) electrons. The van der Waals surface area contributed by atoms with Gasteiger partial charge in [0.05, 0.1) is 23.4 Å². The second-order valence-electron chi connectivity index (χ2n) is 6.26. The lowest BCUT2D eigenvalue weighted by molar-refractivity contribution is -0.123. The number of sulfone groups is 1. The third-order valence-corrected chi connectivity index (χ3v) is 6.04. The summed E-state index contributed by atoms with van der Waals surface area (Å²) in [5.41, 5.74) is 1.41. The highest BCUT2D eigenvalue weighted by Gasteiger charge is 2.29. The molecule has 1 fully saturated rings. The highest BCUT2D eigenvalue weighted by atomic mass is 32.2. The molecule has 140 valence electrons. The summed E-state index contributed by atoms with van der Waals surface area (Å²) in [4.78, 5) is 20.4. The van der Waals surface area contributed by atoms with Crippen LogP contribution in [-0.2, 0) is 14.6 Å². The Hall–Kier alpha value is -3.01. The minimum atomic E-state index is -3.05. The van der Waals surface area contributed by atoms with Crippen LogP contribution in [0.3, 0.4) is 0 Å². The zero-order chi connectivity index (χ0) is 18.9. The average Bonchev–Trinajstić information content (AvgIpc) is 3.24. The molecule has 0 aliphatic carbocycles. The first-order valence-electron chi connectivity index (χ1n) is 8.38. The number of nitrogens with one attached hydrogen (secondary N) is 1. The number of carbonyl (C=O) groups excluding carboxylic acids is 1. The van der Waals surface area contributed by atoms with Gasteiger partial charge in [-0.15, -0.1) is 0 Å². The molecule has 1 saturated heterocycles. The third kappa shape index (κ3) is 3.75. The van der Waals surface area contributed by atoms with E-state index >= 15 is 0 Å². The van der Waals surface area contributed by atoms with Crippen molar-refractivity contribution in [1.29, 1.82) is 0 Å². The Morgan fingerprint density at radius 1 is 1.26 bits per heavy atom. The zero-order valence-corrected chi connectivity index (χ0v) is 15.1. The number of fused-ring (bicyclic) bond motifs is 1. The summed E-state index contributed by atoms with van der Waals surface area (Å²) in [7, 11) is -3.05. The number of rotatable bonds is 5. The SMILES string of the molecule is O=C(COc1ncnc2c1cnn2-c1ccccc1)N[C@@H]1CCS(=O)(=O)C1. The van der Waals surface area contributed by atoms with Crippen molar-refractivity contribution in [2.75, 3.05) is 18.1 Å². The molecule has 27 heavy (non-hydrogen) atoms. The summed E-state index contributed by atoms with van der Waals surface area (Å²) in [6.07, 6.45) is 3.36. The Bertz CT molecular complexity index is 1080. The van der Waals surface area contributed by atoms with Crippen molar-refractivity contribution in [3.63, 3.8) is 0 Å². The molecule has 0 saturated carbocycles. The molecule has 1 atom stereocenters. The summed E-state index contributed by atoms with van der Waals surface area (Å²) in [5, 5.41) is 7.58. The van der Waals surface area contributed by atoms with Crippen molar-refractivity contribution < 1.29 is 17.9 Å². The lowest BCUT2D eigenvalue weighted by atomic mass is 10.2. The van der Waals surface area contributed by atoms with Crippen molar-refractivity contribution in [2.45, 2.75) is 12.5 Å². The highest BCUT2D eigenvalue weighted by molar-refractivity contribution is 7.91. The summed E-state index contributed by atoms with van der Waals surface area (Å²) in [6, 6.07) is 9.14. The van der Waals surface area contributed by atoms with E-state index in [9.17, 15) is 13.2 Å². The first kappa shape index (κ1) is 17.4. The van der Waals surface area contributed by atoms with Gasteiger partial charge in [-0.3, -0.25) is 4.79 Å². The summed E-state index contributed by atoms with van der Waals surface area (Å²) >= 11 is 0. The van der Waals surface area contributed by atoms with Gasteiger partial charge in [0.25, 0.3) is 5.91 Å². The van der Waals surface area contributed by atoms with Gasteiger partial charge in [-0.1, -0.05) is 18.2 Å². The average molecular weight is 387 g/mol. The van der Waals surface area contributed by atoms with Crippen LogP contribution in [0.15, 0.2) is 42.9 Å². The van der Waals surface area contributed by atoms with E-state index in [0.717, 1.165) is 5.69 Å². The Labute approximate surface area is 155 Å². The maximum atomic E-state index is 12.1. The molecule has 1 aromatic carbocycles. The van der Waals surface area contributed by atoms with E-state index in [0.29, 0.717) is 17.5 Å². The predicted octanol–water partition coefficient (Wildman–Crippen LogP) is 0.498. The van der Waals surface area contributed by atoms with Gasteiger partial charge in [0.1, 0.15) is 11.7 Å². The van der Waals surface area contributed by atoms with Gasteiger partial charge in [0.2, 0.25) is 5.88 Å². The fraction of sp³-hybridized carbons (Fsp3) is 0.294. The lowest BCUT2D eigenvalue weighted by Crippen LogP contribution is -2.38. The highest BCUT2D eigenvalue weighted by Crippen LogP contribution is 2.23. The van der Waals surface area contributed by atoms with Crippen molar-refractivity contribution in [2.24, 2.45) is 0 Å². The molecule has 0 unspecified atom stereocenters. The van der Waals surface area contributed by atoms with Gasteiger partial charge in [0.15, 0.2) is 22.1 Å². The second kappa shape index (κ2) is 6.95. The quantitative estimate of drug-likeness (QED) is 0.677. The van der Waals surface area contributed by atoms with E-state index < -0.39 is 9.84 Å². The number of hydrogen-bond donors (Lipinski definition) is 1. The maximum Gasteiger partial charge on any atom is 0.258 e. The summed E-state index contributed by atoms with van der Waals surface area (Å²) in [5.74, 6) is -0.0691. The standard InChI is InChI=1S/C17H17N5O4S/c23-15(21-12-6-7-27(24,25)10-12)9-26-17-14-8-20-22(16(14)18-11-19-17)13-4-2-1-3-5-13/h1-5,8,11-12H,6-7,9-10H2,(H,21,23)/t12-/m1/s1. The zero-order valence-electron chi connectivity index (χ0n) is 14.3. The van der Waals surface area contributed by atoms with E-state index in [4.69, 9.17) is 4.74 Å². The smallest absolute Gasteiger partial charge is 0.258 e. The molecule has 2 aromatic heterocycles. The van der Waals surface area contributed by atoms with Crippen LogP contribution in [0.5, 0.6) is 5.88 Å². The Kier molecular flexibility index (Phi) is 4.48. The van der Waals surface area contributed by atoms with Gasteiger partial charge in [-0.2, -0.15) is 5.10 Å². The van der Waals surface area contributed by atoms with Crippen molar-refractivity contribution in [1.82, 2.24) is 25.1 Å². The largest absolute Gasteiger partial charge is 0.467 e. The fourth-order valence-electron chi connectivity index (χ4n) is 3.01. The van der Waals surface area contributed by atoms with Crippen LogP contribution in [-0.4, -0.2) is 58.2 Å². The number of para-hydroxylation sites is 1. The van der Waals surface area contributed by atoms with E-state index in [-0.39, 0.29) is 35.9 Å². The van der Waals surface area contributed by atoms with Crippen LogP contribution in [0.25, 0.3) is 16.7 Å². The maximum absolute atomic E-state index is 12.1. The second-order valence-corrected chi connectivity index (χ2v) is 8.49. The van der Waals surface area contributed by atoms with E-state index in [1.165, 1.54) is 6.33 Å². The molecule has 4 rings (SSSR count). The Morgan fingerprint density at radius 2 is 2.07 bits per heavy atom. The van der Waals surface area contributed by atoms with Gasteiger partial charge in [0, 0.05) is 6.04 Å². The monoisotopic (exact) mass is 387 g/mol. The first-order valence-corrected chi connectivity index (χ1v) is 10.2. The molecular weight excluding hydrogens is 370 g/mol. The molecule has 3 heterocycles. The lowest BCUT2D eigenvalue weighted by Gasteiger charge is -2.11. The van der Waals surface area contributed by atoms with Gasteiger partial charge >= 0.3 is 0 Å². The van der Waals surface area contributed by atoms with E-state index in [2.05, 4.69) is 20.4 Å². The number of amides is 1. The number of carbonyl (C=O) groups is 1. The minimum Gasteiger partial charge on any atom is -0.467 e. The third-order valence-electron chi connectivity index (χ3n) is 4.27. The van der Waals surface area contributed by atoms with Crippen LogP contribution in [0.4, 0.5) is 0 Å². The number of ether oxygens (including phenoxy) is 1. The van der Waals surface area contributed by atoms with Gasteiger partial charge in [-0.05, 0) is 18.6 Å². The number of benzene rings is 1. The van der Waals surface area contributed by atoms with Crippen molar-refractivity contribution in [3.8, 4) is 11.6 Å². The van der Waals surface area contributed by atoms with Gasteiger partial charge < -0.3 is 10.1 Å². The van der Waals surface area contributed by atoms with Crippen LogP contribution in [0.1, 0.15) is 6.42 Å². The molecule has 10 heteroatoms. The minimum absolute atomic E-state index is 0.0274. The van der Waals surface area contributed by atoms with Crippen LogP contribution in [0, 0.1) is 0 Å². The van der Waals surface area contributed by atoms with E-state index in [1.807, 2.05) is 30.3 Å². The van der Waals surface area contributed by atoms with E-state index in [1.54, 1.807) is 10.9 Å². The van der Waals surface area contributed by atoms with Gasteiger partial charge in [-0.25, -0.2) is 23.1 Å². The molecule has 1 aliphatic rings. The van der Waals surface area contributed by atoms with Crippen LogP contribution >= 0.6 is 0 Å². The first-order chi connectivity index (χ1) is 13.0. The molecule has 1 N–H and O–H groups in total. The molecule has 1 amide bonds. The molecular formula is C17H17N5O4S. The summed E-state index contributed by atoms with van der Waals surface area (Å²) in [6.45, 7) is -0.265.